The first kappa shape index (κ1) is 16.0. The van der Waals surface area contributed by atoms with Crippen molar-refractivity contribution < 1.29 is 9.31 Å². The zero-order valence-electron chi connectivity index (χ0n) is 13.5. The van der Waals surface area contributed by atoms with Crippen LogP contribution in [-0.4, -0.2) is 54.5 Å². The Labute approximate surface area is 136 Å². The monoisotopic (exact) mass is 324 g/mol. The van der Waals surface area contributed by atoms with Gasteiger partial charge in [0.1, 0.15) is 5.15 Å². The molecule has 0 radical (unpaired) electrons. The Hall–Kier alpha value is -0.885. The van der Waals surface area contributed by atoms with Crippen LogP contribution >= 0.6 is 11.6 Å². The van der Waals surface area contributed by atoms with Gasteiger partial charge in [-0.25, -0.2) is 9.97 Å². The van der Waals surface area contributed by atoms with Crippen molar-refractivity contribution in [3.05, 3.63) is 11.2 Å². The van der Waals surface area contributed by atoms with Gasteiger partial charge in [0, 0.05) is 26.2 Å². The molecule has 2 fully saturated rings. The molecule has 1 aromatic heterocycles. The number of halogens is 1. The fourth-order valence-corrected chi connectivity index (χ4v) is 2.70. The normalized spacial score (nSPS) is 23.9. The average Bonchev–Trinajstić information content (AvgIpc) is 2.68. The van der Waals surface area contributed by atoms with Crippen molar-refractivity contribution >= 4 is 30.3 Å². The smallest absolute Gasteiger partial charge is 0.398 e. The molecular weight excluding hydrogens is 302 g/mol. The van der Waals surface area contributed by atoms with Gasteiger partial charge in [-0.3, -0.25) is 0 Å². The van der Waals surface area contributed by atoms with Crippen LogP contribution in [0.4, 0.5) is 5.95 Å². The molecular formula is C14H22BClN4O2. The van der Waals surface area contributed by atoms with Crippen LogP contribution < -0.4 is 15.8 Å². The molecule has 0 amide bonds. The second-order valence-corrected chi connectivity index (χ2v) is 7.13. The first-order valence-corrected chi connectivity index (χ1v) is 8.02. The maximum absolute atomic E-state index is 6.19. The van der Waals surface area contributed by atoms with E-state index in [9.17, 15) is 0 Å². The van der Waals surface area contributed by atoms with Gasteiger partial charge >= 0.3 is 7.12 Å². The van der Waals surface area contributed by atoms with E-state index in [0.29, 0.717) is 16.7 Å². The van der Waals surface area contributed by atoms with Crippen LogP contribution in [0, 0.1) is 0 Å². The Bertz CT molecular complexity index is 548. The summed E-state index contributed by atoms with van der Waals surface area (Å²) in [6.45, 7) is 11.6. The highest BCUT2D eigenvalue weighted by atomic mass is 35.5. The third-order valence-electron chi connectivity index (χ3n) is 4.60. The van der Waals surface area contributed by atoms with Gasteiger partial charge in [0.2, 0.25) is 5.95 Å². The molecule has 0 spiro atoms. The number of rotatable bonds is 2. The van der Waals surface area contributed by atoms with Crippen LogP contribution in [0.25, 0.3) is 0 Å². The number of hydrogen-bond donors (Lipinski definition) is 1. The molecule has 0 bridgehead atoms. The fourth-order valence-electron chi connectivity index (χ4n) is 2.51. The largest absolute Gasteiger partial charge is 0.514 e. The molecule has 1 N–H and O–H groups in total. The van der Waals surface area contributed by atoms with Gasteiger partial charge in [-0.05, 0) is 33.8 Å². The number of hydrogen-bond acceptors (Lipinski definition) is 6. The third kappa shape index (κ3) is 2.95. The van der Waals surface area contributed by atoms with Crippen LogP contribution in [0.2, 0.25) is 5.15 Å². The summed E-state index contributed by atoms with van der Waals surface area (Å²) in [6.07, 6.45) is 0. The molecule has 0 atom stereocenters. The SMILES string of the molecule is CC1(C)OB(c2cc(Cl)nc(N3CCNCC3)n2)OC1(C)C. The Morgan fingerprint density at radius 3 is 2.32 bits per heavy atom. The zero-order valence-corrected chi connectivity index (χ0v) is 14.3. The molecule has 2 aliphatic rings. The number of anilines is 1. The molecule has 0 saturated carbocycles. The Balaban J connectivity index is 1.87. The predicted octanol–water partition coefficient (Wildman–Crippen LogP) is 0.839. The van der Waals surface area contributed by atoms with Crippen molar-refractivity contribution in [2.24, 2.45) is 0 Å². The Morgan fingerprint density at radius 1 is 1.14 bits per heavy atom. The number of piperazine rings is 1. The van der Waals surface area contributed by atoms with E-state index < -0.39 is 18.3 Å². The van der Waals surface area contributed by atoms with E-state index in [-0.39, 0.29) is 0 Å². The first-order chi connectivity index (χ1) is 10.3. The summed E-state index contributed by atoms with van der Waals surface area (Å²) < 4.78 is 12.1. The fraction of sp³-hybridized carbons (Fsp3) is 0.714. The minimum absolute atomic E-state index is 0.399. The molecule has 0 aromatic carbocycles. The number of nitrogens with one attached hydrogen (secondary N) is 1. The highest BCUT2D eigenvalue weighted by Crippen LogP contribution is 2.36. The van der Waals surface area contributed by atoms with Gasteiger partial charge in [-0.15, -0.1) is 0 Å². The lowest BCUT2D eigenvalue weighted by Gasteiger charge is -2.32. The van der Waals surface area contributed by atoms with Crippen LogP contribution in [0.5, 0.6) is 0 Å². The van der Waals surface area contributed by atoms with Gasteiger partial charge in [-0.1, -0.05) is 11.6 Å². The zero-order chi connectivity index (χ0) is 16.0. The van der Waals surface area contributed by atoms with Crippen LogP contribution in [-0.2, 0) is 9.31 Å². The second kappa shape index (κ2) is 5.63. The second-order valence-electron chi connectivity index (χ2n) is 6.74. The molecule has 2 saturated heterocycles. The van der Waals surface area contributed by atoms with Crippen LogP contribution in [0.3, 0.4) is 0 Å². The van der Waals surface area contributed by atoms with E-state index >= 15 is 0 Å². The lowest BCUT2D eigenvalue weighted by molar-refractivity contribution is 0.00578. The lowest BCUT2D eigenvalue weighted by Crippen LogP contribution is -2.45. The molecule has 8 heteroatoms. The van der Waals surface area contributed by atoms with E-state index in [1.165, 1.54) is 0 Å². The van der Waals surface area contributed by atoms with Crippen molar-refractivity contribution in [2.75, 3.05) is 31.1 Å². The maximum atomic E-state index is 6.19. The molecule has 1 aromatic rings. The summed E-state index contributed by atoms with van der Waals surface area (Å²) in [7, 11) is -0.521. The quantitative estimate of drug-likeness (QED) is 0.642. The standard InChI is InChI=1S/C14H22BClN4O2/c1-13(2)14(3,4)22-15(21-13)10-9-11(16)19-12(18-10)20-7-5-17-6-8-20/h9,17H,5-8H2,1-4H3. The minimum atomic E-state index is -0.521. The van der Waals surface area contributed by atoms with Gasteiger partial charge in [0.05, 0.1) is 16.8 Å². The lowest BCUT2D eigenvalue weighted by atomic mass is 9.84. The summed E-state index contributed by atoms with van der Waals surface area (Å²) >= 11 is 6.19. The van der Waals surface area contributed by atoms with E-state index in [1.807, 2.05) is 27.7 Å². The van der Waals surface area contributed by atoms with Gasteiger partial charge in [-0.2, -0.15) is 0 Å². The first-order valence-electron chi connectivity index (χ1n) is 7.64. The van der Waals surface area contributed by atoms with Crippen molar-refractivity contribution in [1.29, 1.82) is 0 Å². The summed E-state index contributed by atoms with van der Waals surface area (Å²) in [6, 6.07) is 1.72. The summed E-state index contributed by atoms with van der Waals surface area (Å²) in [4.78, 5) is 11.1. The van der Waals surface area contributed by atoms with Gasteiger partial charge in [0.15, 0.2) is 0 Å². The molecule has 0 aliphatic carbocycles. The van der Waals surface area contributed by atoms with Crippen molar-refractivity contribution in [2.45, 2.75) is 38.9 Å². The van der Waals surface area contributed by atoms with Crippen LogP contribution in [0.1, 0.15) is 27.7 Å². The summed E-state index contributed by atoms with van der Waals surface area (Å²) in [5.41, 5.74) is -0.124. The van der Waals surface area contributed by atoms with Crippen molar-refractivity contribution in [3.63, 3.8) is 0 Å². The van der Waals surface area contributed by atoms with E-state index in [4.69, 9.17) is 20.9 Å². The highest BCUT2D eigenvalue weighted by molar-refractivity contribution is 6.61. The Kier molecular flexibility index (Phi) is 4.10. The van der Waals surface area contributed by atoms with E-state index in [2.05, 4.69) is 20.2 Å². The maximum Gasteiger partial charge on any atom is 0.514 e. The highest BCUT2D eigenvalue weighted by Gasteiger charge is 2.52. The number of nitrogens with zero attached hydrogens (tertiary/aromatic N) is 3. The average molecular weight is 325 g/mol. The molecule has 3 rings (SSSR count). The number of aromatic nitrogens is 2. The molecule has 22 heavy (non-hydrogen) atoms. The third-order valence-corrected chi connectivity index (χ3v) is 4.79. The predicted molar refractivity (Wildman–Crippen MR) is 87.8 cm³/mol. The molecule has 3 heterocycles. The summed E-state index contributed by atoms with van der Waals surface area (Å²) in [5.74, 6) is 0.638. The van der Waals surface area contributed by atoms with Crippen molar-refractivity contribution in [1.82, 2.24) is 15.3 Å². The minimum Gasteiger partial charge on any atom is -0.398 e. The van der Waals surface area contributed by atoms with E-state index in [0.717, 1.165) is 26.2 Å². The molecule has 2 aliphatic heterocycles. The molecule has 0 unspecified atom stereocenters. The molecule has 120 valence electrons. The van der Waals surface area contributed by atoms with Crippen LogP contribution in [0.15, 0.2) is 6.07 Å². The topological polar surface area (TPSA) is 59.5 Å². The summed E-state index contributed by atoms with van der Waals surface area (Å²) in [5, 5.41) is 3.72. The van der Waals surface area contributed by atoms with E-state index in [1.54, 1.807) is 6.07 Å². The Morgan fingerprint density at radius 2 is 1.73 bits per heavy atom. The van der Waals surface area contributed by atoms with Crippen molar-refractivity contribution in [3.8, 4) is 0 Å². The van der Waals surface area contributed by atoms with Gasteiger partial charge in [0.25, 0.3) is 0 Å². The van der Waals surface area contributed by atoms with Gasteiger partial charge < -0.3 is 19.5 Å². The molecule has 6 nitrogen and oxygen atoms in total.